The van der Waals surface area contributed by atoms with E-state index >= 15 is 0 Å². The second-order valence-corrected chi connectivity index (χ2v) is 6.61. The van der Waals surface area contributed by atoms with Gasteiger partial charge in [0, 0.05) is 4.47 Å². The number of carbonyl (C=O) groups excluding carboxylic acids is 3. The Balaban J connectivity index is 1.70. The molecule has 0 spiro atoms. The van der Waals surface area contributed by atoms with Crippen molar-refractivity contribution in [1.82, 2.24) is 10.3 Å². The van der Waals surface area contributed by atoms with E-state index in [0.29, 0.717) is 21.3 Å². The number of aromatic hydroxyl groups is 1. The van der Waals surface area contributed by atoms with Gasteiger partial charge in [-0.3, -0.25) is 19.3 Å². The summed E-state index contributed by atoms with van der Waals surface area (Å²) in [6, 6.07) is 11.0. The average molecular weight is 416 g/mol. The maximum absolute atomic E-state index is 12.3. The van der Waals surface area contributed by atoms with Crippen molar-refractivity contribution in [1.29, 1.82) is 0 Å². The van der Waals surface area contributed by atoms with E-state index in [9.17, 15) is 19.5 Å². The van der Waals surface area contributed by atoms with E-state index in [-0.39, 0.29) is 17.9 Å². The van der Waals surface area contributed by atoms with Crippen LogP contribution in [0.1, 0.15) is 38.0 Å². The zero-order chi connectivity index (χ0) is 18.8. The predicted molar refractivity (Wildman–Crippen MR) is 98.2 cm³/mol. The number of imide groups is 1. The number of hydrazone groups is 1. The van der Waals surface area contributed by atoms with Crippen molar-refractivity contribution >= 4 is 39.4 Å². The molecule has 2 aromatic rings. The van der Waals surface area contributed by atoms with Crippen molar-refractivity contribution < 1.29 is 19.5 Å². The van der Waals surface area contributed by atoms with E-state index in [0.717, 1.165) is 4.90 Å². The molecular weight excluding hydrogens is 402 g/mol. The van der Waals surface area contributed by atoms with Crippen molar-refractivity contribution in [3.05, 3.63) is 63.6 Å². The van der Waals surface area contributed by atoms with Crippen LogP contribution in [0, 0.1) is 0 Å². The molecule has 1 heterocycles. The van der Waals surface area contributed by atoms with Crippen LogP contribution >= 0.6 is 15.9 Å². The highest BCUT2D eigenvalue weighted by Gasteiger charge is 2.35. The molecule has 0 aromatic heterocycles. The second-order valence-electron chi connectivity index (χ2n) is 5.69. The van der Waals surface area contributed by atoms with Gasteiger partial charge in [-0.25, -0.2) is 5.43 Å². The number of amides is 3. The van der Waals surface area contributed by atoms with Crippen LogP contribution in [0.5, 0.6) is 5.75 Å². The van der Waals surface area contributed by atoms with Crippen molar-refractivity contribution in [2.24, 2.45) is 5.10 Å². The largest absolute Gasteiger partial charge is 0.507 e. The van der Waals surface area contributed by atoms with Crippen molar-refractivity contribution in [3.63, 3.8) is 0 Å². The van der Waals surface area contributed by atoms with Gasteiger partial charge >= 0.3 is 0 Å². The quantitative estimate of drug-likeness (QED) is 0.455. The van der Waals surface area contributed by atoms with Crippen LogP contribution in [0.2, 0.25) is 0 Å². The molecule has 2 aromatic carbocycles. The van der Waals surface area contributed by atoms with Gasteiger partial charge in [0.2, 0.25) is 0 Å². The van der Waals surface area contributed by atoms with E-state index in [1.54, 1.807) is 37.3 Å². The fourth-order valence-corrected chi connectivity index (χ4v) is 2.90. The molecule has 0 atom stereocenters. The predicted octanol–water partition coefficient (Wildman–Crippen LogP) is 2.56. The summed E-state index contributed by atoms with van der Waals surface area (Å²) in [5.41, 5.74) is 3.44. The third kappa shape index (κ3) is 3.36. The molecule has 8 heteroatoms. The molecule has 0 unspecified atom stereocenters. The number of hydrogen-bond donors (Lipinski definition) is 2. The summed E-state index contributed by atoms with van der Waals surface area (Å²) in [6.07, 6.45) is 0. The highest BCUT2D eigenvalue weighted by Crippen LogP contribution is 2.23. The van der Waals surface area contributed by atoms with Crippen molar-refractivity contribution in [2.45, 2.75) is 6.92 Å². The molecule has 2 N–H and O–H groups in total. The molecule has 3 rings (SSSR count). The Morgan fingerprint density at radius 2 is 1.77 bits per heavy atom. The minimum Gasteiger partial charge on any atom is -0.507 e. The number of fused-ring (bicyclic) bond motifs is 1. The number of nitrogens with one attached hydrogen (secondary N) is 1. The van der Waals surface area contributed by atoms with Gasteiger partial charge in [0.05, 0.1) is 28.9 Å². The third-order valence-electron chi connectivity index (χ3n) is 3.82. The average Bonchev–Trinajstić information content (AvgIpc) is 2.87. The van der Waals surface area contributed by atoms with Crippen LogP contribution in [0.4, 0.5) is 0 Å². The van der Waals surface area contributed by atoms with Gasteiger partial charge in [-0.15, -0.1) is 0 Å². The second kappa shape index (κ2) is 7.09. The number of phenols is 1. The number of hydrogen-bond acceptors (Lipinski definition) is 5. The van der Waals surface area contributed by atoms with E-state index in [1.165, 1.54) is 12.1 Å². The molecule has 26 heavy (non-hydrogen) atoms. The molecule has 7 nitrogen and oxygen atoms in total. The minimum absolute atomic E-state index is 0.0446. The summed E-state index contributed by atoms with van der Waals surface area (Å²) in [5, 5.41) is 13.7. The molecular formula is C18H14BrN3O4. The zero-order valence-corrected chi connectivity index (χ0v) is 15.3. The molecule has 0 bridgehead atoms. The van der Waals surface area contributed by atoms with Gasteiger partial charge < -0.3 is 5.11 Å². The monoisotopic (exact) mass is 415 g/mol. The lowest BCUT2D eigenvalue weighted by atomic mass is 10.1. The van der Waals surface area contributed by atoms with Crippen molar-refractivity contribution in [3.8, 4) is 5.75 Å². The van der Waals surface area contributed by atoms with Crippen LogP contribution in [0.3, 0.4) is 0 Å². The molecule has 1 aliphatic heterocycles. The first kappa shape index (κ1) is 17.8. The number of rotatable bonds is 4. The lowest BCUT2D eigenvalue weighted by Crippen LogP contribution is -2.35. The topological polar surface area (TPSA) is 99.1 Å². The Kier molecular flexibility index (Phi) is 4.85. The molecule has 0 saturated heterocycles. The molecule has 0 radical (unpaired) electrons. The maximum Gasteiger partial charge on any atom is 0.275 e. The normalized spacial score (nSPS) is 13.8. The summed E-state index contributed by atoms with van der Waals surface area (Å²) in [6.45, 7) is 1.54. The SMILES string of the molecule is C/C(CN1C(=O)c2ccccc2C1=O)=N\NC(=O)c1cc(Br)ccc1O. The number of halogens is 1. The van der Waals surface area contributed by atoms with Crippen LogP contribution in [-0.4, -0.2) is 40.0 Å². The van der Waals surface area contributed by atoms with Crippen molar-refractivity contribution in [2.75, 3.05) is 6.54 Å². The van der Waals surface area contributed by atoms with Crippen LogP contribution in [0.25, 0.3) is 0 Å². The summed E-state index contributed by atoms with van der Waals surface area (Å²) in [5.74, 6) is -1.57. The fraction of sp³-hybridized carbons (Fsp3) is 0.111. The van der Waals surface area contributed by atoms with Gasteiger partial charge in [-0.2, -0.15) is 5.10 Å². The zero-order valence-electron chi connectivity index (χ0n) is 13.7. The molecule has 0 aliphatic carbocycles. The van der Waals surface area contributed by atoms with E-state index in [4.69, 9.17) is 0 Å². The molecule has 0 saturated carbocycles. The first-order valence-electron chi connectivity index (χ1n) is 7.65. The number of carbonyl (C=O) groups is 3. The van der Waals surface area contributed by atoms with Gasteiger partial charge in [-0.05, 0) is 37.3 Å². The number of phenolic OH excluding ortho intramolecular Hbond substituents is 1. The Hall–Kier alpha value is -3.00. The molecule has 0 fully saturated rings. The summed E-state index contributed by atoms with van der Waals surface area (Å²) >= 11 is 3.22. The molecule has 132 valence electrons. The Morgan fingerprint density at radius 1 is 1.15 bits per heavy atom. The van der Waals surface area contributed by atoms with Gasteiger partial charge in [0.1, 0.15) is 5.75 Å². The Bertz CT molecular complexity index is 920. The summed E-state index contributed by atoms with van der Waals surface area (Å²) in [7, 11) is 0. The highest BCUT2D eigenvalue weighted by atomic mass is 79.9. The van der Waals surface area contributed by atoms with Gasteiger partial charge in [0.15, 0.2) is 0 Å². The van der Waals surface area contributed by atoms with E-state index in [1.807, 2.05) is 0 Å². The van der Waals surface area contributed by atoms with Crippen LogP contribution in [0.15, 0.2) is 52.0 Å². The van der Waals surface area contributed by atoms with Crippen LogP contribution < -0.4 is 5.43 Å². The maximum atomic E-state index is 12.3. The lowest BCUT2D eigenvalue weighted by Gasteiger charge is -2.13. The molecule has 3 amide bonds. The lowest BCUT2D eigenvalue weighted by molar-refractivity contribution is 0.0677. The highest BCUT2D eigenvalue weighted by molar-refractivity contribution is 9.10. The Morgan fingerprint density at radius 3 is 2.38 bits per heavy atom. The molecule has 1 aliphatic rings. The van der Waals surface area contributed by atoms with Gasteiger partial charge in [0.25, 0.3) is 17.7 Å². The summed E-state index contributed by atoms with van der Waals surface area (Å²) < 4.78 is 0.632. The van der Waals surface area contributed by atoms with E-state index in [2.05, 4.69) is 26.5 Å². The standard InChI is InChI=1S/C18H14BrN3O4/c1-10(20-21-16(24)14-8-11(19)6-7-15(14)23)9-22-17(25)12-4-2-3-5-13(12)18(22)26/h2-8,23H,9H2,1H3,(H,21,24)/b20-10+. The van der Waals surface area contributed by atoms with Crippen LogP contribution in [-0.2, 0) is 0 Å². The minimum atomic E-state index is -0.606. The first-order chi connectivity index (χ1) is 12.4. The van der Waals surface area contributed by atoms with Gasteiger partial charge in [-0.1, -0.05) is 28.1 Å². The van der Waals surface area contributed by atoms with E-state index < -0.39 is 17.7 Å². The smallest absolute Gasteiger partial charge is 0.275 e. The summed E-state index contributed by atoms with van der Waals surface area (Å²) in [4.78, 5) is 37.8. The number of nitrogens with zero attached hydrogens (tertiary/aromatic N) is 2. The first-order valence-corrected chi connectivity index (χ1v) is 8.45. The number of benzene rings is 2. The fourth-order valence-electron chi connectivity index (χ4n) is 2.54. The Labute approximate surface area is 157 Å². The third-order valence-corrected chi connectivity index (χ3v) is 4.31.